The SMILES string of the molecule is CCN(Cc1ccncc1)C1CCCN(C(=O)CCc2scnc2C)C1. The van der Waals surface area contributed by atoms with Crippen LogP contribution >= 0.6 is 11.3 Å². The van der Waals surface area contributed by atoms with Crippen molar-refractivity contribution in [2.75, 3.05) is 19.6 Å². The molecule has 1 saturated heterocycles. The van der Waals surface area contributed by atoms with Crippen molar-refractivity contribution < 1.29 is 4.79 Å². The highest BCUT2D eigenvalue weighted by Crippen LogP contribution is 2.20. The van der Waals surface area contributed by atoms with E-state index in [1.54, 1.807) is 11.3 Å². The first-order chi connectivity index (χ1) is 12.7. The Bertz CT molecular complexity index is 703. The summed E-state index contributed by atoms with van der Waals surface area (Å²) in [6.45, 7) is 7.88. The second-order valence-electron chi connectivity index (χ2n) is 6.92. The van der Waals surface area contributed by atoms with Gasteiger partial charge >= 0.3 is 0 Å². The minimum absolute atomic E-state index is 0.280. The van der Waals surface area contributed by atoms with Crippen LogP contribution in [0.25, 0.3) is 0 Å². The lowest BCUT2D eigenvalue weighted by Gasteiger charge is -2.39. The number of amides is 1. The number of likely N-dealkylation sites (N-methyl/N-ethyl adjacent to an activating group) is 1. The quantitative estimate of drug-likeness (QED) is 0.748. The Morgan fingerprint density at radius 1 is 1.38 bits per heavy atom. The van der Waals surface area contributed by atoms with E-state index in [0.29, 0.717) is 12.5 Å². The molecule has 0 saturated carbocycles. The van der Waals surface area contributed by atoms with Crippen molar-refractivity contribution in [2.24, 2.45) is 0 Å². The van der Waals surface area contributed by atoms with Gasteiger partial charge in [-0.1, -0.05) is 6.92 Å². The Labute approximate surface area is 160 Å². The van der Waals surface area contributed by atoms with Gasteiger partial charge < -0.3 is 4.90 Å². The molecule has 2 aromatic heterocycles. The van der Waals surface area contributed by atoms with E-state index < -0.39 is 0 Å². The molecule has 3 heterocycles. The molecule has 1 aliphatic heterocycles. The second kappa shape index (κ2) is 9.24. The summed E-state index contributed by atoms with van der Waals surface area (Å²) in [6.07, 6.45) is 7.35. The van der Waals surface area contributed by atoms with E-state index in [1.807, 2.05) is 24.8 Å². The molecule has 5 nitrogen and oxygen atoms in total. The van der Waals surface area contributed by atoms with Crippen molar-refractivity contribution in [1.29, 1.82) is 0 Å². The average molecular weight is 373 g/mol. The van der Waals surface area contributed by atoms with Gasteiger partial charge in [0.2, 0.25) is 5.91 Å². The first kappa shape index (κ1) is 19.0. The van der Waals surface area contributed by atoms with Crippen molar-refractivity contribution in [2.45, 2.75) is 52.1 Å². The topological polar surface area (TPSA) is 49.3 Å². The summed E-state index contributed by atoms with van der Waals surface area (Å²) in [4.78, 5) is 26.9. The van der Waals surface area contributed by atoms with Crippen molar-refractivity contribution in [3.8, 4) is 0 Å². The molecule has 1 aliphatic rings. The molecule has 6 heteroatoms. The molecule has 26 heavy (non-hydrogen) atoms. The number of aryl methyl sites for hydroxylation is 2. The predicted octanol–water partition coefficient (Wildman–Crippen LogP) is 3.29. The average Bonchev–Trinajstić information content (AvgIpc) is 3.10. The highest BCUT2D eigenvalue weighted by Gasteiger charge is 2.27. The van der Waals surface area contributed by atoms with Gasteiger partial charge in [0.25, 0.3) is 0 Å². The summed E-state index contributed by atoms with van der Waals surface area (Å²) in [7, 11) is 0. The number of thiazole rings is 1. The zero-order valence-electron chi connectivity index (χ0n) is 15.7. The zero-order chi connectivity index (χ0) is 18.4. The number of piperidine rings is 1. The number of likely N-dealkylation sites (tertiary alicyclic amines) is 1. The standard InChI is InChI=1S/C20H28N4OS/c1-3-23(13-17-8-10-21-11-9-17)18-5-4-12-24(14-18)20(25)7-6-19-16(2)22-15-26-19/h8-11,15,18H,3-7,12-14H2,1-2H3. The van der Waals surface area contributed by atoms with Crippen LogP contribution in [0.3, 0.4) is 0 Å². The summed E-state index contributed by atoms with van der Waals surface area (Å²) < 4.78 is 0. The molecule has 3 rings (SSSR count). The van der Waals surface area contributed by atoms with Crippen molar-refractivity contribution in [3.05, 3.63) is 46.2 Å². The Morgan fingerprint density at radius 2 is 2.19 bits per heavy atom. The number of hydrogen-bond donors (Lipinski definition) is 0. The maximum Gasteiger partial charge on any atom is 0.222 e. The number of carbonyl (C=O) groups excluding carboxylic acids is 1. The fraction of sp³-hybridized carbons (Fsp3) is 0.550. The highest BCUT2D eigenvalue weighted by atomic mass is 32.1. The molecule has 0 radical (unpaired) electrons. The number of aromatic nitrogens is 2. The summed E-state index contributed by atoms with van der Waals surface area (Å²) in [5.41, 5.74) is 4.21. The normalized spacial score (nSPS) is 17.7. The van der Waals surface area contributed by atoms with E-state index in [2.05, 4.69) is 38.8 Å². The maximum absolute atomic E-state index is 12.7. The molecular weight excluding hydrogens is 344 g/mol. The van der Waals surface area contributed by atoms with Crippen LogP contribution in [-0.2, 0) is 17.8 Å². The lowest BCUT2D eigenvalue weighted by atomic mass is 10.0. The van der Waals surface area contributed by atoms with Gasteiger partial charge in [-0.3, -0.25) is 14.7 Å². The number of nitrogens with zero attached hydrogens (tertiary/aromatic N) is 4. The number of rotatable bonds is 7. The van der Waals surface area contributed by atoms with Crippen LogP contribution in [0.15, 0.2) is 30.0 Å². The Kier molecular flexibility index (Phi) is 6.74. The first-order valence-electron chi connectivity index (χ1n) is 9.47. The van der Waals surface area contributed by atoms with Crippen molar-refractivity contribution in [3.63, 3.8) is 0 Å². The van der Waals surface area contributed by atoms with Crippen LogP contribution in [0.5, 0.6) is 0 Å². The maximum atomic E-state index is 12.7. The molecule has 0 bridgehead atoms. The smallest absolute Gasteiger partial charge is 0.222 e. The number of pyridine rings is 1. The molecule has 0 aliphatic carbocycles. The van der Waals surface area contributed by atoms with Crippen LogP contribution in [0, 0.1) is 6.92 Å². The number of hydrogen-bond acceptors (Lipinski definition) is 5. The molecule has 1 fully saturated rings. The lowest BCUT2D eigenvalue weighted by Crippen LogP contribution is -2.49. The van der Waals surface area contributed by atoms with Crippen LogP contribution in [0.2, 0.25) is 0 Å². The van der Waals surface area contributed by atoms with E-state index >= 15 is 0 Å². The second-order valence-corrected chi connectivity index (χ2v) is 7.85. The third kappa shape index (κ3) is 4.89. The van der Waals surface area contributed by atoms with Gasteiger partial charge in [-0.15, -0.1) is 11.3 Å². The van der Waals surface area contributed by atoms with Gasteiger partial charge in [0.1, 0.15) is 0 Å². The Morgan fingerprint density at radius 3 is 2.88 bits per heavy atom. The summed E-state index contributed by atoms with van der Waals surface area (Å²) in [6, 6.07) is 4.59. The summed E-state index contributed by atoms with van der Waals surface area (Å²) in [5.74, 6) is 0.280. The molecule has 0 spiro atoms. The van der Waals surface area contributed by atoms with Crippen molar-refractivity contribution >= 4 is 17.2 Å². The van der Waals surface area contributed by atoms with Gasteiger partial charge in [-0.05, 0) is 50.4 Å². The molecule has 1 amide bonds. The van der Waals surface area contributed by atoms with Crippen molar-refractivity contribution in [1.82, 2.24) is 19.8 Å². The van der Waals surface area contributed by atoms with Gasteiger partial charge in [0.15, 0.2) is 0 Å². The van der Waals surface area contributed by atoms with Crippen LogP contribution in [-0.4, -0.2) is 51.4 Å². The van der Waals surface area contributed by atoms with Gasteiger partial charge in [0, 0.05) is 49.4 Å². The highest BCUT2D eigenvalue weighted by molar-refractivity contribution is 7.09. The summed E-state index contributed by atoms with van der Waals surface area (Å²) in [5, 5.41) is 0. The molecule has 140 valence electrons. The molecule has 1 unspecified atom stereocenters. The van der Waals surface area contributed by atoms with E-state index in [0.717, 1.165) is 51.1 Å². The minimum Gasteiger partial charge on any atom is -0.341 e. The van der Waals surface area contributed by atoms with Crippen LogP contribution in [0.1, 0.15) is 42.3 Å². The third-order valence-corrected chi connectivity index (χ3v) is 6.21. The lowest BCUT2D eigenvalue weighted by molar-refractivity contribution is -0.133. The Hall–Kier alpha value is -1.79. The van der Waals surface area contributed by atoms with E-state index in [4.69, 9.17) is 0 Å². The predicted molar refractivity (Wildman–Crippen MR) is 105 cm³/mol. The molecule has 0 aromatic carbocycles. The van der Waals surface area contributed by atoms with Crippen LogP contribution in [0.4, 0.5) is 0 Å². The van der Waals surface area contributed by atoms with E-state index in [-0.39, 0.29) is 5.91 Å². The largest absolute Gasteiger partial charge is 0.341 e. The summed E-state index contributed by atoms with van der Waals surface area (Å²) >= 11 is 1.65. The minimum atomic E-state index is 0.280. The Balaban J connectivity index is 1.55. The van der Waals surface area contributed by atoms with E-state index in [1.165, 1.54) is 10.4 Å². The monoisotopic (exact) mass is 372 g/mol. The van der Waals surface area contributed by atoms with Gasteiger partial charge in [0.05, 0.1) is 11.2 Å². The molecule has 1 atom stereocenters. The zero-order valence-corrected chi connectivity index (χ0v) is 16.5. The van der Waals surface area contributed by atoms with E-state index in [9.17, 15) is 4.79 Å². The molecule has 2 aromatic rings. The van der Waals surface area contributed by atoms with Gasteiger partial charge in [-0.25, -0.2) is 4.98 Å². The fourth-order valence-corrected chi connectivity index (χ4v) is 4.43. The van der Waals surface area contributed by atoms with Crippen LogP contribution < -0.4 is 0 Å². The molecule has 0 N–H and O–H groups in total. The fourth-order valence-electron chi connectivity index (χ4n) is 3.65. The third-order valence-electron chi connectivity index (χ3n) is 5.22. The first-order valence-corrected chi connectivity index (χ1v) is 10.3. The number of carbonyl (C=O) groups is 1. The van der Waals surface area contributed by atoms with Gasteiger partial charge in [-0.2, -0.15) is 0 Å². The molecular formula is C20H28N4OS.